The summed E-state index contributed by atoms with van der Waals surface area (Å²) in [6.45, 7) is 1.79. The van der Waals surface area contributed by atoms with Crippen LogP contribution in [0, 0.1) is 0 Å². The highest BCUT2D eigenvalue weighted by atomic mass is 32.1. The van der Waals surface area contributed by atoms with Crippen molar-refractivity contribution in [3.05, 3.63) is 44.8 Å². The van der Waals surface area contributed by atoms with Crippen molar-refractivity contribution in [3.8, 4) is 0 Å². The molecule has 0 atom stereocenters. The molecule has 0 unspecified atom stereocenters. The van der Waals surface area contributed by atoms with E-state index in [2.05, 4.69) is 19.9 Å². The van der Waals surface area contributed by atoms with Crippen LogP contribution in [-0.4, -0.2) is 25.0 Å². The van der Waals surface area contributed by atoms with E-state index in [9.17, 15) is 9.59 Å². The summed E-state index contributed by atoms with van der Waals surface area (Å²) in [5.41, 5.74) is 2.08. The van der Waals surface area contributed by atoms with Crippen LogP contribution < -0.4 is 10.9 Å². The average molecular weight is 412 g/mol. The van der Waals surface area contributed by atoms with Gasteiger partial charge in [0.25, 0.3) is 5.56 Å². The number of aryl methyl sites for hydroxylation is 5. The third-order valence-corrected chi connectivity index (χ3v) is 7.15. The van der Waals surface area contributed by atoms with Gasteiger partial charge in [-0.1, -0.05) is 0 Å². The molecule has 7 nitrogen and oxygen atoms in total. The number of nitrogens with one attached hydrogen (secondary N) is 1. The molecule has 0 saturated heterocycles. The number of imidazole rings is 1. The molecule has 0 spiro atoms. The van der Waals surface area contributed by atoms with Crippen molar-refractivity contribution in [2.24, 2.45) is 0 Å². The Kier molecular flexibility index (Phi) is 4.95. The highest BCUT2D eigenvalue weighted by Gasteiger charge is 2.20. The highest BCUT2D eigenvalue weighted by Crippen LogP contribution is 2.33. The van der Waals surface area contributed by atoms with Gasteiger partial charge in [0.05, 0.1) is 24.0 Å². The van der Waals surface area contributed by atoms with Gasteiger partial charge in [0.15, 0.2) is 0 Å². The van der Waals surface area contributed by atoms with E-state index in [0.717, 1.165) is 54.0 Å². The zero-order chi connectivity index (χ0) is 19.8. The summed E-state index contributed by atoms with van der Waals surface area (Å²) < 4.78 is 3.77. The van der Waals surface area contributed by atoms with Gasteiger partial charge < -0.3 is 9.88 Å². The number of rotatable bonds is 5. The maximum absolute atomic E-state index is 13.0. The molecule has 4 heterocycles. The molecule has 152 valence electrons. The Morgan fingerprint density at radius 2 is 2.03 bits per heavy atom. The smallest absolute Gasteiger partial charge is 0.262 e. The topological polar surface area (TPSA) is 81.8 Å². The summed E-state index contributed by atoms with van der Waals surface area (Å²) in [4.78, 5) is 36.5. The van der Waals surface area contributed by atoms with Crippen LogP contribution in [0.2, 0.25) is 0 Å². The van der Waals surface area contributed by atoms with E-state index in [0.29, 0.717) is 13.1 Å². The maximum Gasteiger partial charge on any atom is 0.262 e. The van der Waals surface area contributed by atoms with Crippen LogP contribution in [0.1, 0.15) is 54.1 Å². The first kappa shape index (κ1) is 18.5. The molecular formula is C21H25N5O2S. The second-order valence-electron chi connectivity index (χ2n) is 7.96. The van der Waals surface area contributed by atoms with Gasteiger partial charge in [0.2, 0.25) is 5.91 Å². The average Bonchev–Trinajstić information content (AvgIpc) is 3.33. The van der Waals surface area contributed by atoms with Gasteiger partial charge in [-0.2, -0.15) is 0 Å². The van der Waals surface area contributed by atoms with Crippen molar-refractivity contribution in [2.75, 3.05) is 0 Å². The van der Waals surface area contributed by atoms with Crippen LogP contribution in [0.4, 0.5) is 0 Å². The van der Waals surface area contributed by atoms with Crippen LogP contribution in [0.3, 0.4) is 0 Å². The zero-order valence-electron chi connectivity index (χ0n) is 16.4. The number of hydrogen-bond donors (Lipinski definition) is 1. The number of thiophene rings is 1. The monoisotopic (exact) mass is 411 g/mol. The molecule has 1 aliphatic carbocycles. The number of hydrogen-bond acceptors (Lipinski definition) is 5. The van der Waals surface area contributed by atoms with E-state index < -0.39 is 0 Å². The van der Waals surface area contributed by atoms with Crippen molar-refractivity contribution in [1.82, 2.24) is 24.4 Å². The number of carbonyl (C=O) groups is 1. The molecule has 8 heteroatoms. The molecule has 3 aromatic rings. The van der Waals surface area contributed by atoms with Crippen molar-refractivity contribution in [3.63, 3.8) is 0 Å². The molecule has 29 heavy (non-hydrogen) atoms. The van der Waals surface area contributed by atoms with Gasteiger partial charge in [-0.25, -0.2) is 9.97 Å². The lowest BCUT2D eigenvalue weighted by Crippen LogP contribution is -2.27. The van der Waals surface area contributed by atoms with Crippen molar-refractivity contribution < 1.29 is 4.79 Å². The Balaban J connectivity index is 1.23. The predicted octanol–water partition coefficient (Wildman–Crippen LogP) is 2.58. The van der Waals surface area contributed by atoms with E-state index in [4.69, 9.17) is 0 Å². The lowest BCUT2D eigenvalue weighted by atomic mass is 9.97. The minimum atomic E-state index is -0.0738. The first-order valence-corrected chi connectivity index (χ1v) is 11.3. The second-order valence-corrected chi connectivity index (χ2v) is 9.04. The molecule has 5 rings (SSSR count). The molecule has 0 fully saturated rings. The van der Waals surface area contributed by atoms with Crippen LogP contribution in [0.15, 0.2) is 17.3 Å². The third-order valence-electron chi connectivity index (χ3n) is 5.95. The fourth-order valence-corrected chi connectivity index (χ4v) is 5.62. The molecule has 1 N–H and O–H groups in total. The van der Waals surface area contributed by atoms with Gasteiger partial charge in [0.1, 0.15) is 10.7 Å². The van der Waals surface area contributed by atoms with Crippen molar-refractivity contribution in [2.45, 2.75) is 71.0 Å². The van der Waals surface area contributed by atoms with Gasteiger partial charge in [-0.15, -0.1) is 11.3 Å². The Morgan fingerprint density at radius 1 is 1.17 bits per heavy atom. The number of amides is 1. The minimum Gasteiger partial charge on any atom is -0.350 e. The minimum absolute atomic E-state index is 0.0102. The lowest BCUT2D eigenvalue weighted by molar-refractivity contribution is -0.121. The quantitative estimate of drug-likeness (QED) is 0.700. The summed E-state index contributed by atoms with van der Waals surface area (Å²) in [6, 6.07) is 0. The summed E-state index contributed by atoms with van der Waals surface area (Å²) in [5, 5.41) is 3.71. The van der Waals surface area contributed by atoms with Crippen molar-refractivity contribution in [1.29, 1.82) is 0 Å². The van der Waals surface area contributed by atoms with E-state index in [1.807, 2.05) is 6.20 Å². The number of fused-ring (bicyclic) bond motifs is 4. The molecule has 0 saturated carbocycles. The molecule has 1 aliphatic heterocycles. The first-order chi connectivity index (χ1) is 14.2. The van der Waals surface area contributed by atoms with E-state index in [1.165, 1.54) is 29.7 Å². The summed E-state index contributed by atoms with van der Waals surface area (Å²) in [6.07, 6.45) is 11.6. The van der Waals surface area contributed by atoms with Gasteiger partial charge in [0, 0.05) is 37.0 Å². The Labute approximate surface area is 172 Å². The molecule has 0 bridgehead atoms. The molecule has 0 aromatic carbocycles. The van der Waals surface area contributed by atoms with Crippen LogP contribution in [0.5, 0.6) is 0 Å². The number of carbonyl (C=O) groups excluding carboxylic acids is 1. The lowest BCUT2D eigenvalue weighted by Gasteiger charge is -2.11. The van der Waals surface area contributed by atoms with Crippen LogP contribution >= 0.6 is 11.3 Å². The summed E-state index contributed by atoms with van der Waals surface area (Å²) >= 11 is 1.65. The SMILES string of the molecule is O=C(CCn1cnc2sc3c(c2c1=O)CCCC3)NCc1cn2c(n1)CCCC2. The Hall–Kier alpha value is -2.48. The molecular weight excluding hydrogens is 386 g/mol. The van der Waals surface area contributed by atoms with E-state index in [-0.39, 0.29) is 17.9 Å². The fourth-order valence-electron chi connectivity index (χ4n) is 4.40. The van der Waals surface area contributed by atoms with Gasteiger partial charge >= 0.3 is 0 Å². The first-order valence-electron chi connectivity index (χ1n) is 10.5. The van der Waals surface area contributed by atoms with Crippen LogP contribution in [0.25, 0.3) is 10.2 Å². The molecule has 1 amide bonds. The summed E-state index contributed by atoms with van der Waals surface area (Å²) in [5.74, 6) is 1.04. The van der Waals surface area contributed by atoms with E-state index >= 15 is 0 Å². The summed E-state index contributed by atoms with van der Waals surface area (Å²) in [7, 11) is 0. The second kappa shape index (κ2) is 7.74. The highest BCUT2D eigenvalue weighted by molar-refractivity contribution is 7.18. The number of nitrogens with zero attached hydrogens (tertiary/aromatic N) is 4. The molecule has 0 radical (unpaired) electrons. The van der Waals surface area contributed by atoms with Gasteiger partial charge in [-0.05, 0) is 44.1 Å². The largest absolute Gasteiger partial charge is 0.350 e. The van der Waals surface area contributed by atoms with Crippen molar-refractivity contribution >= 4 is 27.5 Å². The Morgan fingerprint density at radius 3 is 2.93 bits per heavy atom. The van der Waals surface area contributed by atoms with Crippen LogP contribution in [-0.2, 0) is 43.7 Å². The maximum atomic E-state index is 13.0. The standard InChI is InChI=1S/C21H25N5O2S/c27-18(22-11-14-12-25-9-4-3-7-17(25)24-14)8-10-26-13-23-20-19(21(26)28)15-5-1-2-6-16(15)29-20/h12-13H,1-11H2,(H,22,27). The Bertz CT molecular complexity index is 1100. The zero-order valence-corrected chi connectivity index (χ0v) is 17.3. The van der Waals surface area contributed by atoms with Gasteiger partial charge in [-0.3, -0.25) is 14.2 Å². The third kappa shape index (κ3) is 3.61. The van der Waals surface area contributed by atoms with E-state index in [1.54, 1.807) is 22.2 Å². The normalized spacial score (nSPS) is 15.9. The molecule has 2 aliphatic rings. The predicted molar refractivity (Wildman–Crippen MR) is 112 cm³/mol. The fraction of sp³-hybridized carbons (Fsp3) is 0.524. The molecule has 3 aromatic heterocycles. The number of aromatic nitrogens is 4.